The molecule has 0 unspecified atom stereocenters. The topological polar surface area (TPSA) is 21.3 Å². The molecule has 2 aromatic rings. The van der Waals surface area contributed by atoms with Crippen LogP contribution in [0.2, 0.25) is 5.02 Å². The van der Waals surface area contributed by atoms with Crippen LogP contribution in [0.25, 0.3) is 0 Å². The first-order valence-electron chi connectivity index (χ1n) is 7.07. The van der Waals surface area contributed by atoms with Crippen molar-refractivity contribution in [3.05, 3.63) is 58.6 Å². The zero-order chi connectivity index (χ0) is 15.5. The Kier molecular flexibility index (Phi) is 4.79. The van der Waals surface area contributed by atoms with Crippen LogP contribution in [0.3, 0.4) is 0 Å². The van der Waals surface area contributed by atoms with Crippen LogP contribution in [0.15, 0.2) is 42.5 Å². The van der Waals surface area contributed by atoms with Gasteiger partial charge in [-0.05, 0) is 35.2 Å². The van der Waals surface area contributed by atoms with Crippen LogP contribution in [-0.2, 0) is 12.0 Å². The van der Waals surface area contributed by atoms with Crippen molar-refractivity contribution < 1.29 is 4.74 Å². The number of methoxy groups -OCH3 is 1. The number of ether oxygens (including phenoxy) is 1. The van der Waals surface area contributed by atoms with Gasteiger partial charge in [0.05, 0.1) is 7.11 Å². The second kappa shape index (κ2) is 6.40. The van der Waals surface area contributed by atoms with Crippen LogP contribution >= 0.6 is 11.6 Å². The summed E-state index contributed by atoms with van der Waals surface area (Å²) in [5.41, 5.74) is 3.54. The Balaban J connectivity index is 2.10. The fourth-order valence-electron chi connectivity index (χ4n) is 2.18. The SMILES string of the molecule is COc1cccc(Cl)c1CNc1ccc(C(C)(C)C)cc1. The predicted molar refractivity (Wildman–Crippen MR) is 90.5 cm³/mol. The van der Waals surface area contributed by atoms with Crippen molar-refractivity contribution in [3.63, 3.8) is 0 Å². The van der Waals surface area contributed by atoms with Gasteiger partial charge in [0.1, 0.15) is 5.75 Å². The Morgan fingerprint density at radius 1 is 1.05 bits per heavy atom. The van der Waals surface area contributed by atoms with Gasteiger partial charge < -0.3 is 10.1 Å². The maximum atomic E-state index is 6.24. The molecule has 0 atom stereocenters. The van der Waals surface area contributed by atoms with E-state index in [-0.39, 0.29) is 5.41 Å². The van der Waals surface area contributed by atoms with E-state index < -0.39 is 0 Å². The average molecular weight is 304 g/mol. The molecule has 2 nitrogen and oxygen atoms in total. The molecule has 112 valence electrons. The quantitative estimate of drug-likeness (QED) is 0.832. The molecule has 21 heavy (non-hydrogen) atoms. The molecule has 0 aliphatic heterocycles. The molecule has 0 fully saturated rings. The minimum Gasteiger partial charge on any atom is -0.496 e. The van der Waals surface area contributed by atoms with E-state index in [0.717, 1.165) is 17.0 Å². The molecule has 0 bridgehead atoms. The first-order valence-corrected chi connectivity index (χ1v) is 7.45. The van der Waals surface area contributed by atoms with E-state index in [1.807, 2.05) is 18.2 Å². The van der Waals surface area contributed by atoms with Crippen LogP contribution in [0, 0.1) is 0 Å². The molecule has 0 spiro atoms. The molecule has 0 radical (unpaired) electrons. The van der Waals surface area contributed by atoms with Gasteiger partial charge in [-0.2, -0.15) is 0 Å². The van der Waals surface area contributed by atoms with Gasteiger partial charge in [0.2, 0.25) is 0 Å². The van der Waals surface area contributed by atoms with Gasteiger partial charge in [-0.1, -0.05) is 50.6 Å². The van der Waals surface area contributed by atoms with Crippen molar-refractivity contribution in [2.24, 2.45) is 0 Å². The van der Waals surface area contributed by atoms with E-state index in [2.05, 4.69) is 50.4 Å². The minimum absolute atomic E-state index is 0.171. The largest absolute Gasteiger partial charge is 0.496 e. The van der Waals surface area contributed by atoms with E-state index in [4.69, 9.17) is 16.3 Å². The molecule has 1 N–H and O–H groups in total. The Morgan fingerprint density at radius 2 is 1.71 bits per heavy atom. The summed E-state index contributed by atoms with van der Waals surface area (Å²) in [7, 11) is 1.66. The molecule has 3 heteroatoms. The zero-order valence-corrected chi connectivity index (χ0v) is 13.8. The van der Waals surface area contributed by atoms with E-state index in [9.17, 15) is 0 Å². The molecular weight excluding hydrogens is 282 g/mol. The van der Waals surface area contributed by atoms with Crippen molar-refractivity contribution in [1.29, 1.82) is 0 Å². The van der Waals surface area contributed by atoms with Gasteiger partial charge in [0.25, 0.3) is 0 Å². The van der Waals surface area contributed by atoms with Gasteiger partial charge in [-0.3, -0.25) is 0 Å². The third kappa shape index (κ3) is 3.92. The smallest absolute Gasteiger partial charge is 0.125 e. The van der Waals surface area contributed by atoms with E-state index in [1.54, 1.807) is 7.11 Å². The molecule has 0 aromatic heterocycles. The minimum atomic E-state index is 0.171. The average Bonchev–Trinajstić information content (AvgIpc) is 2.45. The molecular formula is C18H22ClNO. The standard InChI is InChI=1S/C18H22ClNO/c1-18(2,3)13-8-10-14(11-9-13)20-12-15-16(19)6-5-7-17(15)21-4/h5-11,20H,12H2,1-4H3. The Morgan fingerprint density at radius 3 is 2.29 bits per heavy atom. The summed E-state index contributed by atoms with van der Waals surface area (Å²) < 4.78 is 5.35. The number of hydrogen-bond donors (Lipinski definition) is 1. The highest BCUT2D eigenvalue weighted by atomic mass is 35.5. The van der Waals surface area contributed by atoms with E-state index >= 15 is 0 Å². The van der Waals surface area contributed by atoms with E-state index in [1.165, 1.54) is 5.56 Å². The van der Waals surface area contributed by atoms with Gasteiger partial charge in [-0.15, -0.1) is 0 Å². The highest BCUT2D eigenvalue weighted by molar-refractivity contribution is 6.31. The third-order valence-electron chi connectivity index (χ3n) is 3.52. The predicted octanol–water partition coefficient (Wildman–Crippen LogP) is 5.26. The number of nitrogens with one attached hydrogen (secondary N) is 1. The number of rotatable bonds is 4. The van der Waals surface area contributed by atoms with Crippen molar-refractivity contribution in [3.8, 4) is 5.75 Å². The lowest BCUT2D eigenvalue weighted by atomic mass is 9.87. The zero-order valence-electron chi connectivity index (χ0n) is 13.0. The van der Waals surface area contributed by atoms with Crippen LogP contribution < -0.4 is 10.1 Å². The monoisotopic (exact) mass is 303 g/mol. The van der Waals surface area contributed by atoms with Gasteiger partial charge in [0.15, 0.2) is 0 Å². The van der Waals surface area contributed by atoms with Crippen LogP contribution in [0.1, 0.15) is 31.9 Å². The fraction of sp³-hybridized carbons (Fsp3) is 0.333. The maximum absolute atomic E-state index is 6.24. The van der Waals surface area contributed by atoms with Gasteiger partial charge in [0, 0.05) is 22.8 Å². The van der Waals surface area contributed by atoms with Crippen LogP contribution in [0.5, 0.6) is 5.75 Å². The first-order chi connectivity index (χ1) is 9.91. The number of benzene rings is 2. The van der Waals surface area contributed by atoms with E-state index in [0.29, 0.717) is 11.6 Å². The number of hydrogen-bond acceptors (Lipinski definition) is 2. The van der Waals surface area contributed by atoms with Crippen molar-refractivity contribution in [1.82, 2.24) is 0 Å². The lowest BCUT2D eigenvalue weighted by Crippen LogP contribution is -2.10. The van der Waals surface area contributed by atoms with Crippen LogP contribution in [-0.4, -0.2) is 7.11 Å². The third-order valence-corrected chi connectivity index (χ3v) is 3.87. The summed E-state index contributed by atoms with van der Waals surface area (Å²) in [6.45, 7) is 7.27. The summed E-state index contributed by atoms with van der Waals surface area (Å²) in [6, 6.07) is 14.2. The first kappa shape index (κ1) is 15.7. The molecule has 2 aromatic carbocycles. The summed E-state index contributed by atoms with van der Waals surface area (Å²) in [4.78, 5) is 0. The Bertz CT molecular complexity index is 600. The molecule has 0 saturated heterocycles. The maximum Gasteiger partial charge on any atom is 0.125 e. The second-order valence-corrected chi connectivity index (χ2v) is 6.51. The lowest BCUT2D eigenvalue weighted by molar-refractivity contribution is 0.410. The molecule has 0 saturated carbocycles. The van der Waals surface area contributed by atoms with Gasteiger partial charge in [-0.25, -0.2) is 0 Å². The van der Waals surface area contributed by atoms with Crippen molar-refractivity contribution >= 4 is 17.3 Å². The molecule has 2 rings (SSSR count). The Hall–Kier alpha value is -1.67. The molecule has 0 aliphatic carbocycles. The second-order valence-electron chi connectivity index (χ2n) is 6.10. The molecule has 0 aliphatic rings. The normalized spacial score (nSPS) is 11.3. The summed E-state index contributed by atoms with van der Waals surface area (Å²) in [5, 5.41) is 4.11. The summed E-state index contributed by atoms with van der Waals surface area (Å²) >= 11 is 6.24. The van der Waals surface area contributed by atoms with Crippen molar-refractivity contribution in [2.75, 3.05) is 12.4 Å². The highest BCUT2D eigenvalue weighted by Crippen LogP contribution is 2.28. The summed E-state index contributed by atoms with van der Waals surface area (Å²) in [5.74, 6) is 0.807. The summed E-state index contributed by atoms with van der Waals surface area (Å²) in [6.07, 6.45) is 0. The lowest BCUT2D eigenvalue weighted by Gasteiger charge is -2.19. The molecule has 0 heterocycles. The number of anilines is 1. The highest BCUT2D eigenvalue weighted by Gasteiger charge is 2.13. The number of halogens is 1. The Labute approximate surface area is 132 Å². The van der Waals surface area contributed by atoms with Gasteiger partial charge >= 0.3 is 0 Å². The molecule has 0 amide bonds. The van der Waals surface area contributed by atoms with Crippen molar-refractivity contribution in [2.45, 2.75) is 32.7 Å². The van der Waals surface area contributed by atoms with Crippen LogP contribution in [0.4, 0.5) is 5.69 Å². The fourth-order valence-corrected chi connectivity index (χ4v) is 2.41.